The maximum atomic E-state index is 3.40. The second-order valence-corrected chi connectivity index (χ2v) is 3.50. The third-order valence-corrected chi connectivity index (χ3v) is 3.10. The fraction of sp³-hybridized carbons (Fsp3) is 1.00. The maximum absolute atomic E-state index is 3.40. The summed E-state index contributed by atoms with van der Waals surface area (Å²) in [5.74, 6) is 2.10. The quantitative estimate of drug-likeness (QED) is 0.558. The number of nitrogens with one attached hydrogen (secondary N) is 1. The molecule has 2 unspecified atom stereocenters. The number of rotatable bonds is 1. The molecule has 1 N–H and O–H groups in total. The molecule has 3 fully saturated rings. The van der Waals surface area contributed by atoms with Crippen LogP contribution in [0.25, 0.3) is 0 Å². The van der Waals surface area contributed by atoms with Crippen molar-refractivity contribution in [2.45, 2.75) is 31.7 Å². The third-order valence-electron chi connectivity index (χ3n) is 3.10. The third kappa shape index (κ3) is 0.710. The molecular formula is C8H15N. The summed E-state index contributed by atoms with van der Waals surface area (Å²) in [7, 11) is 2.11. The van der Waals surface area contributed by atoms with Crippen LogP contribution in [0.4, 0.5) is 0 Å². The summed E-state index contributed by atoms with van der Waals surface area (Å²) in [6, 6.07) is 0.902. The van der Waals surface area contributed by atoms with E-state index in [0.29, 0.717) is 0 Å². The molecule has 0 aromatic carbocycles. The molecule has 3 aliphatic rings. The van der Waals surface area contributed by atoms with E-state index in [1.807, 2.05) is 0 Å². The Hall–Kier alpha value is -0.0400. The van der Waals surface area contributed by atoms with Gasteiger partial charge in [0, 0.05) is 6.04 Å². The summed E-state index contributed by atoms with van der Waals surface area (Å²) < 4.78 is 0. The predicted octanol–water partition coefficient (Wildman–Crippen LogP) is 1.39. The zero-order valence-corrected chi connectivity index (χ0v) is 6.06. The number of hydrogen-bond donors (Lipinski definition) is 1. The van der Waals surface area contributed by atoms with E-state index in [9.17, 15) is 0 Å². The molecule has 2 bridgehead atoms. The standard InChI is InChI=1S/C8H15N/c1-9-8-6-3-2-4-7(8)5-6/h6-9H,2-5H2,1H3. The van der Waals surface area contributed by atoms with Crippen LogP contribution in [0.2, 0.25) is 0 Å². The smallest absolute Gasteiger partial charge is 0.0121 e. The molecule has 3 saturated carbocycles. The van der Waals surface area contributed by atoms with Crippen molar-refractivity contribution in [3.05, 3.63) is 0 Å². The summed E-state index contributed by atoms with van der Waals surface area (Å²) in [6.07, 6.45) is 5.99. The zero-order chi connectivity index (χ0) is 6.27. The molecule has 3 rings (SSSR count). The van der Waals surface area contributed by atoms with Gasteiger partial charge in [-0.2, -0.15) is 0 Å². The van der Waals surface area contributed by atoms with Crippen LogP contribution in [0.3, 0.4) is 0 Å². The fourth-order valence-corrected chi connectivity index (χ4v) is 2.58. The Labute approximate surface area is 56.8 Å². The van der Waals surface area contributed by atoms with Crippen LogP contribution in [0.1, 0.15) is 25.7 Å². The molecule has 0 aromatic heterocycles. The monoisotopic (exact) mass is 125 g/mol. The van der Waals surface area contributed by atoms with Crippen LogP contribution < -0.4 is 5.32 Å². The first kappa shape index (κ1) is 5.72. The van der Waals surface area contributed by atoms with Gasteiger partial charge in [0.15, 0.2) is 0 Å². The van der Waals surface area contributed by atoms with Crippen molar-refractivity contribution in [2.75, 3.05) is 7.05 Å². The SMILES string of the molecule is CNC1C2CCCC1C2. The molecule has 2 atom stereocenters. The lowest BCUT2D eigenvalue weighted by Gasteiger charge is -2.49. The summed E-state index contributed by atoms with van der Waals surface area (Å²) in [6.45, 7) is 0. The van der Waals surface area contributed by atoms with Crippen molar-refractivity contribution in [2.24, 2.45) is 11.8 Å². The van der Waals surface area contributed by atoms with Gasteiger partial charge in [0.25, 0.3) is 0 Å². The lowest BCUT2D eigenvalue weighted by atomic mass is 9.61. The summed E-state index contributed by atoms with van der Waals surface area (Å²) in [5, 5.41) is 3.40. The molecule has 1 heteroatoms. The van der Waals surface area contributed by atoms with Crippen molar-refractivity contribution in [1.82, 2.24) is 5.32 Å². The average molecular weight is 125 g/mol. The van der Waals surface area contributed by atoms with Crippen molar-refractivity contribution >= 4 is 0 Å². The first-order valence-electron chi connectivity index (χ1n) is 4.09. The number of hydrogen-bond acceptors (Lipinski definition) is 1. The van der Waals surface area contributed by atoms with Gasteiger partial charge in [-0.05, 0) is 38.1 Å². The second kappa shape index (κ2) is 1.98. The van der Waals surface area contributed by atoms with E-state index in [2.05, 4.69) is 12.4 Å². The van der Waals surface area contributed by atoms with Gasteiger partial charge >= 0.3 is 0 Å². The summed E-state index contributed by atoms with van der Waals surface area (Å²) in [4.78, 5) is 0. The largest absolute Gasteiger partial charge is 0.316 e. The molecular weight excluding hydrogens is 110 g/mol. The summed E-state index contributed by atoms with van der Waals surface area (Å²) >= 11 is 0. The van der Waals surface area contributed by atoms with Crippen LogP contribution >= 0.6 is 0 Å². The minimum absolute atomic E-state index is 0.902. The Morgan fingerprint density at radius 3 is 2.22 bits per heavy atom. The lowest BCUT2D eigenvalue weighted by molar-refractivity contribution is 0.0553. The van der Waals surface area contributed by atoms with Gasteiger partial charge in [-0.1, -0.05) is 6.42 Å². The van der Waals surface area contributed by atoms with Crippen molar-refractivity contribution < 1.29 is 0 Å². The molecule has 0 spiro atoms. The van der Waals surface area contributed by atoms with Gasteiger partial charge in [0.05, 0.1) is 0 Å². The van der Waals surface area contributed by atoms with Crippen LogP contribution in [0, 0.1) is 11.8 Å². The number of fused-ring (bicyclic) bond motifs is 2. The van der Waals surface area contributed by atoms with E-state index >= 15 is 0 Å². The zero-order valence-electron chi connectivity index (χ0n) is 6.06. The predicted molar refractivity (Wildman–Crippen MR) is 38.3 cm³/mol. The Morgan fingerprint density at radius 2 is 1.89 bits per heavy atom. The molecule has 52 valence electrons. The molecule has 0 radical (unpaired) electrons. The highest BCUT2D eigenvalue weighted by Gasteiger charge is 2.42. The van der Waals surface area contributed by atoms with Crippen LogP contribution in [-0.2, 0) is 0 Å². The van der Waals surface area contributed by atoms with Gasteiger partial charge in [-0.15, -0.1) is 0 Å². The van der Waals surface area contributed by atoms with Crippen LogP contribution in [0.15, 0.2) is 0 Å². The molecule has 0 saturated heterocycles. The maximum Gasteiger partial charge on any atom is 0.0121 e. The van der Waals surface area contributed by atoms with E-state index in [1.165, 1.54) is 25.7 Å². The van der Waals surface area contributed by atoms with E-state index in [0.717, 1.165) is 17.9 Å². The molecule has 0 aliphatic heterocycles. The summed E-state index contributed by atoms with van der Waals surface area (Å²) in [5.41, 5.74) is 0. The first-order chi connectivity index (χ1) is 4.42. The van der Waals surface area contributed by atoms with Gasteiger partial charge in [0.1, 0.15) is 0 Å². The second-order valence-electron chi connectivity index (χ2n) is 3.50. The highest BCUT2D eigenvalue weighted by Crippen LogP contribution is 2.45. The van der Waals surface area contributed by atoms with Crippen LogP contribution in [0.5, 0.6) is 0 Å². The van der Waals surface area contributed by atoms with E-state index in [4.69, 9.17) is 0 Å². The molecule has 1 nitrogen and oxygen atoms in total. The van der Waals surface area contributed by atoms with Gasteiger partial charge in [-0.25, -0.2) is 0 Å². The Bertz CT molecular complexity index is 97.1. The normalized spacial score (nSPS) is 48.3. The lowest BCUT2D eigenvalue weighted by Crippen LogP contribution is -2.52. The highest BCUT2D eigenvalue weighted by atomic mass is 14.9. The average Bonchev–Trinajstić information content (AvgIpc) is 1.90. The molecule has 9 heavy (non-hydrogen) atoms. The van der Waals surface area contributed by atoms with Crippen LogP contribution in [-0.4, -0.2) is 13.1 Å². The van der Waals surface area contributed by atoms with E-state index in [-0.39, 0.29) is 0 Å². The Morgan fingerprint density at radius 1 is 1.22 bits per heavy atom. The van der Waals surface area contributed by atoms with Gasteiger partial charge in [-0.3, -0.25) is 0 Å². The molecule has 3 aliphatic carbocycles. The minimum Gasteiger partial charge on any atom is -0.316 e. The van der Waals surface area contributed by atoms with E-state index in [1.54, 1.807) is 0 Å². The fourth-order valence-electron chi connectivity index (χ4n) is 2.58. The Kier molecular flexibility index (Phi) is 1.26. The Balaban J connectivity index is 1.97. The minimum atomic E-state index is 0.902. The van der Waals surface area contributed by atoms with E-state index < -0.39 is 0 Å². The van der Waals surface area contributed by atoms with Gasteiger partial charge < -0.3 is 5.32 Å². The van der Waals surface area contributed by atoms with Crippen molar-refractivity contribution in [3.63, 3.8) is 0 Å². The van der Waals surface area contributed by atoms with Crippen molar-refractivity contribution in [1.29, 1.82) is 0 Å². The van der Waals surface area contributed by atoms with Crippen molar-refractivity contribution in [3.8, 4) is 0 Å². The van der Waals surface area contributed by atoms with Gasteiger partial charge in [0.2, 0.25) is 0 Å². The molecule has 0 aromatic rings. The molecule has 0 amide bonds. The highest BCUT2D eigenvalue weighted by molar-refractivity contribution is 4.97. The molecule has 0 heterocycles. The topological polar surface area (TPSA) is 12.0 Å². The first-order valence-corrected chi connectivity index (χ1v) is 4.09.